The molecule has 0 aliphatic rings. The van der Waals surface area contributed by atoms with E-state index in [4.69, 9.17) is 10.3 Å². The Hall–Kier alpha value is -1.98. The molecule has 0 aliphatic carbocycles. The normalized spacial score (nSPS) is 11.6. The summed E-state index contributed by atoms with van der Waals surface area (Å²) in [7, 11) is -4.05. The van der Waals surface area contributed by atoms with Crippen molar-refractivity contribution in [3.05, 3.63) is 35.4 Å². The van der Waals surface area contributed by atoms with E-state index >= 15 is 0 Å². The van der Waals surface area contributed by atoms with Crippen molar-refractivity contribution in [3.8, 4) is 0 Å². The Balaban J connectivity index is 3.35. The van der Waals surface area contributed by atoms with Gasteiger partial charge in [0.15, 0.2) is 0 Å². The summed E-state index contributed by atoms with van der Waals surface area (Å²) < 4.78 is 29.8. The summed E-state index contributed by atoms with van der Waals surface area (Å²) in [5.41, 5.74) is 8.37. The molecule has 0 fully saturated rings. The van der Waals surface area contributed by atoms with Crippen molar-refractivity contribution >= 4 is 20.9 Å². The molecule has 20 heavy (non-hydrogen) atoms. The maximum Gasteiger partial charge on any atom is 0.428 e. The van der Waals surface area contributed by atoms with E-state index in [1.807, 2.05) is 6.92 Å². The first-order chi connectivity index (χ1) is 9.11. The van der Waals surface area contributed by atoms with Crippen molar-refractivity contribution in [2.24, 2.45) is 0 Å². The largest absolute Gasteiger partial charge is 0.446 e. The molecule has 7 heteroatoms. The van der Waals surface area contributed by atoms with Crippen molar-refractivity contribution in [2.45, 2.75) is 38.2 Å². The Morgan fingerprint density at radius 3 is 2.15 bits per heavy atom. The van der Waals surface area contributed by atoms with Gasteiger partial charge in [-0.3, -0.25) is 4.79 Å². The molecule has 1 rings (SSSR count). The molecule has 0 amide bonds. The third-order valence-corrected chi connectivity index (χ3v) is 4.57. The number of hydrogen-bond donors (Lipinski definition) is 0. The van der Waals surface area contributed by atoms with Gasteiger partial charge in [-0.25, -0.2) is 8.42 Å². The molecule has 6 nitrogen and oxygen atoms in total. The van der Waals surface area contributed by atoms with Gasteiger partial charge in [0, 0.05) is 6.92 Å². The predicted octanol–water partition coefficient (Wildman–Crippen LogP) is 1.74. The number of nitrogens with zero attached hydrogens (tertiary/aromatic N) is 2. The van der Waals surface area contributed by atoms with Crippen LogP contribution in [-0.2, 0) is 19.4 Å². The quantitative estimate of drug-likeness (QED) is 0.279. The highest BCUT2D eigenvalue weighted by atomic mass is 32.2. The molecular weight excluding hydrogens is 280 g/mol. The molecule has 0 bridgehead atoms. The molecule has 108 valence electrons. The van der Waals surface area contributed by atoms with Crippen molar-refractivity contribution in [1.29, 1.82) is 0 Å². The molecule has 0 aromatic heterocycles. The van der Waals surface area contributed by atoms with Crippen LogP contribution in [-0.4, -0.2) is 29.8 Å². The van der Waals surface area contributed by atoms with Gasteiger partial charge in [0.05, 0.1) is 4.90 Å². The minimum Gasteiger partial charge on any atom is -0.446 e. The average molecular weight is 296 g/mol. The highest BCUT2D eigenvalue weighted by Crippen LogP contribution is 2.21. The monoisotopic (exact) mass is 296 g/mol. The van der Waals surface area contributed by atoms with E-state index < -0.39 is 26.5 Å². The van der Waals surface area contributed by atoms with E-state index in [2.05, 4.69) is 4.79 Å². The zero-order valence-electron chi connectivity index (χ0n) is 11.7. The maximum atomic E-state index is 12.4. The third kappa shape index (κ3) is 3.31. The molecule has 0 atom stereocenters. The lowest BCUT2D eigenvalue weighted by Gasteiger charge is -2.19. The number of carbonyl (C=O) groups is 1. The van der Waals surface area contributed by atoms with Gasteiger partial charge in [0.2, 0.25) is 5.60 Å². The van der Waals surface area contributed by atoms with Gasteiger partial charge >= 0.3 is 11.0 Å². The third-order valence-electron chi connectivity index (χ3n) is 2.59. The van der Waals surface area contributed by atoms with Crippen LogP contribution in [0.1, 0.15) is 26.3 Å². The smallest absolute Gasteiger partial charge is 0.428 e. The van der Waals surface area contributed by atoms with Gasteiger partial charge in [-0.15, -0.1) is 0 Å². The van der Waals surface area contributed by atoms with E-state index in [0.29, 0.717) is 0 Å². The minimum absolute atomic E-state index is 0.0314. The molecule has 0 saturated heterocycles. The Kier molecular flexibility index (Phi) is 4.47. The van der Waals surface area contributed by atoms with Gasteiger partial charge in [-0.2, -0.15) is 4.79 Å². The number of aryl methyl sites for hydroxylation is 1. The van der Waals surface area contributed by atoms with Gasteiger partial charge in [-0.05, 0) is 32.9 Å². The molecule has 0 aliphatic heterocycles. The number of hydrogen-bond acceptors (Lipinski definition) is 4. The van der Waals surface area contributed by atoms with Crippen LogP contribution in [0.3, 0.4) is 0 Å². The second-order valence-electron chi connectivity index (χ2n) is 4.83. The zero-order valence-corrected chi connectivity index (χ0v) is 12.6. The summed E-state index contributed by atoms with van der Waals surface area (Å²) in [6.45, 7) is 5.65. The van der Waals surface area contributed by atoms with E-state index in [-0.39, 0.29) is 4.90 Å². The highest BCUT2D eigenvalue weighted by Gasteiger charge is 2.47. The number of ether oxygens (including phenoxy) is 1. The van der Waals surface area contributed by atoms with Crippen molar-refractivity contribution in [1.82, 2.24) is 0 Å². The number of esters is 1. The summed E-state index contributed by atoms with van der Waals surface area (Å²) in [5.74, 6) is -0.671. The number of sulfone groups is 1. The minimum atomic E-state index is -4.05. The Morgan fingerprint density at radius 2 is 1.75 bits per heavy atom. The summed E-state index contributed by atoms with van der Waals surface area (Å²) in [6.07, 6.45) is 0. The van der Waals surface area contributed by atoms with Crippen LogP contribution < -0.4 is 0 Å². The lowest BCUT2D eigenvalue weighted by atomic mass is 10.1. The van der Waals surface area contributed by atoms with Gasteiger partial charge in [0.25, 0.3) is 9.84 Å². The molecule has 0 heterocycles. The fourth-order valence-corrected chi connectivity index (χ4v) is 3.24. The van der Waals surface area contributed by atoms with Crippen LogP contribution >= 0.6 is 0 Å². The van der Waals surface area contributed by atoms with Crippen LogP contribution in [0.4, 0.5) is 0 Å². The van der Waals surface area contributed by atoms with Crippen molar-refractivity contribution in [2.75, 3.05) is 0 Å². The van der Waals surface area contributed by atoms with Crippen molar-refractivity contribution in [3.63, 3.8) is 0 Å². The topological polar surface area (TPSA) is 96.8 Å². The molecular formula is C13H16N2O4S. The first-order valence-electron chi connectivity index (χ1n) is 5.85. The van der Waals surface area contributed by atoms with Gasteiger partial charge in [-0.1, -0.05) is 17.7 Å². The van der Waals surface area contributed by atoms with E-state index in [0.717, 1.165) is 12.5 Å². The molecule has 0 N–H and O–H groups in total. The van der Waals surface area contributed by atoms with Crippen molar-refractivity contribution < 1.29 is 22.7 Å². The fraction of sp³-hybridized carbons (Fsp3) is 0.385. The first kappa shape index (κ1) is 16.1. The summed E-state index contributed by atoms with van der Waals surface area (Å²) >= 11 is 0. The Bertz CT molecular complexity index is 669. The predicted molar refractivity (Wildman–Crippen MR) is 72.8 cm³/mol. The van der Waals surface area contributed by atoms with Gasteiger partial charge < -0.3 is 10.3 Å². The fourth-order valence-electron chi connectivity index (χ4n) is 1.73. The number of carbonyl (C=O) groups excluding carboxylic acids is 1. The second-order valence-corrected chi connectivity index (χ2v) is 6.69. The van der Waals surface area contributed by atoms with E-state index in [1.165, 1.54) is 26.0 Å². The number of rotatable bonds is 3. The first-order valence-corrected chi connectivity index (χ1v) is 7.33. The van der Waals surface area contributed by atoms with Crippen LogP contribution in [0.15, 0.2) is 29.2 Å². The zero-order chi connectivity index (χ0) is 15.6. The molecule has 0 saturated carbocycles. The molecule has 1 aromatic carbocycles. The van der Waals surface area contributed by atoms with Gasteiger partial charge in [0.1, 0.15) is 0 Å². The van der Waals surface area contributed by atoms with Crippen LogP contribution in [0, 0.1) is 6.92 Å². The molecule has 0 unspecified atom stereocenters. The standard InChI is InChI=1S/C13H16N2O4S/c1-9-5-7-11(8-6-9)20(17,18)12(15-14)13(3,4)19-10(2)16/h5-8H,1-4H3. The molecule has 0 spiro atoms. The van der Waals surface area contributed by atoms with Crippen LogP contribution in [0.25, 0.3) is 5.53 Å². The highest BCUT2D eigenvalue weighted by molar-refractivity contribution is 8.06. The number of benzene rings is 1. The molecule has 1 aromatic rings. The maximum absolute atomic E-state index is 12.4. The Morgan fingerprint density at radius 1 is 1.25 bits per heavy atom. The summed E-state index contributed by atoms with van der Waals surface area (Å²) in [5, 5.41) is -0.621. The van der Waals surface area contributed by atoms with Crippen LogP contribution in [0.5, 0.6) is 0 Å². The summed E-state index contributed by atoms with van der Waals surface area (Å²) in [4.78, 5) is 13.8. The average Bonchev–Trinajstić information content (AvgIpc) is 2.27. The lowest BCUT2D eigenvalue weighted by molar-refractivity contribution is -0.150. The van der Waals surface area contributed by atoms with E-state index in [1.54, 1.807) is 12.1 Å². The second kappa shape index (κ2) is 5.56. The summed E-state index contributed by atoms with van der Waals surface area (Å²) in [6, 6.07) is 6.06. The SMILES string of the molecule is CC(=O)OC(C)(C)C(=[N+]=[N-])S(=O)(=O)c1ccc(C)cc1. The Labute approximate surface area is 117 Å². The van der Waals surface area contributed by atoms with Crippen LogP contribution in [0.2, 0.25) is 0 Å². The molecule has 0 radical (unpaired) electrons. The van der Waals surface area contributed by atoms with E-state index in [9.17, 15) is 13.2 Å². The lowest BCUT2D eigenvalue weighted by Crippen LogP contribution is -2.42.